The molecular weight excluding hydrogens is 356 g/mol. The predicted octanol–water partition coefficient (Wildman–Crippen LogP) is 2.96. The molecule has 2 amide bonds. The Bertz CT molecular complexity index is 711. The van der Waals surface area contributed by atoms with Crippen LogP contribution < -0.4 is 5.32 Å². The largest absolute Gasteiger partial charge is 0.481 e. The Morgan fingerprint density at radius 1 is 1.18 bits per heavy atom. The molecule has 2 unspecified atom stereocenters. The summed E-state index contributed by atoms with van der Waals surface area (Å²) >= 11 is 0. The van der Waals surface area contributed by atoms with Gasteiger partial charge < -0.3 is 15.3 Å². The zero-order valence-corrected chi connectivity index (χ0v) is 17.3. The second kappa shape index (κ2) is 8.76. The maximum Gasteiger partial charge on any atom is 0.315 e. The van der Waals surface area contributed by atoms with E-state index in [0.717, 1.165) is 6.42 Å². The molecule has 2 rings (SSSR count). The molecule has 0 saturated carbocycles. The molecule has 6 nitrogen and oxygen atoms in total. The van der Waals surface area contributed by atoms with Crippen LogP contribution in [-0.2, 0) is 19.8 Å². The lowest BCUT2D eigenvalue weighted by molar-refractivity contribution is -0.145. The molecule has 1 aromatic rings. The van der Waals surface area contributed by atoms with Gasteiger partial charge in [-0.3, -0.25) is 14.4 Å². The Hall–Kier alpha value is -2.37. The molecular formula is C22H32N2O4. The number of carboxylic acid groups (broad SMARTS) is 1. The molecule has 0 aromatic heterocycles. The molecule has 0 bridgehead atoms. The van der Waals surface area contributed by atoms with E-state index in [4.69, 9.17) is 0 Å². The number of likely N-dealkylation sites (tertiary alicyclic amines) is 1. The standard InChI is InChI=1S/C22H32N2O4/c1-5-22(20(27)28,16-10-7-6-8-11-16)15-23-19(26)17-12-9-13-24(17)18(25)14-21(2,3)4/h6-8,10-11,17H,5,9,12-15H2,1-4H3,(H,23,26)(H,27,28). The summed E-state index contributed by atoms with van der Waals surface area (Å²) in [5, 5.41) is 12.7. The number of nitrogens with zero attached hydrogens (tertiary/aromatic N) is 1. The number of benzene rings is 1. The first-order valence-corrected chi connectivity index (χ1v) is 9.97. The summed E-state index contributed by atoms with van der Waals surface area (Å²) in [6.45, 7) is 8.38. The molecule has 2 N–H and O–H groups in total. The van der Waals surface area contributed by atoms with Gasteiger partial charge in [0.2, 0.25) is 11.8 Å². The van der Waals surface area contributed by atoms with Crippen molar-refractivity contribution >= 4 is 17.8 Å². The third kappa shape index (κ3) is 4.91. The molecule has 154 valence electrons. The molecule has 1 heterocycles. The number of nitrogens with one attached hydrogen (secondary N) is 1. The van der Waals surface area contributed by atoms with E-state index in [0.29, 0.717) is 31.4 Å². The van der Waals surface area contributed by atoms with Crippen LogP contribution >= 0.6 is 0 Å². The normalized spacial score (nSPS) is 19.1. The first kappa shape index (κ1) is 21.9. The number of carbonyl (C=O) groups is 3. The highest BCUT2D eigenvalue weighted by Crippen LogP contribution is 2.29. The molecule has 1 aliphatic heterocycles. The van der Waals surface area contributed by atoms with Crippen LogP contribution in [-0.4, -0.2) is 46.9 Å². The molecule has 0 spiro atoms. The summed E-state index contributed by atoms with van der Waals surface area (Å²) in [4.78, 5) is 39.2. The van der Waals surface area contributed by atoms with Gasteiger partial charge in [0.05, 0.1) is 0 Å². The van der Waals surface area contributed by atoms with Crippen LogP contribution in [0.15, 0.2) is 30.3 Å². The first-order chi connectivity index (χ1) is 13.1. The lowest BCUT2D eigenvalue weighted by Gasteiger charge is -2.31. The summed E-state index contributed by atoms with van der Waals surface area (Å²) in [5.41, 5.74) is -0.665. The van der Waals surface area contributed by atoms with Crippen molar-refractivity contribution in [1.82, 2.24) is 10.2 Å². The fourth-order valence-electron chi connectivity index (χ4n) is 3.79. The Balaban J connectivity index is 2.12. The van der Waals surface area contributed by atoms with E-state index in [-0.39, 0.29) is 23.8 Å². The van der Waals surface area contributed by atoms with Gasteiger partial charge in [0.1, 0.15) is 11.5 Å². The second-order valence-corrected chi connectivity index (χ2v) is 8.81. The predicted molar refractivity (Wildman–Crippen MR) is 108 cm³/mol. The van der Waals surface area contributed by atoms with Crippen molar-refractivity contribution in [2.75, 3.05) is 13.1 Å². The Labute approximate surface area is 167 Å². The van der Waals surface area contributed by atoms with Crippen molar-refractivity contribution in [2.24, 2.45) is 5.41 Å². The Kier molecular flexibility index (Phi) is 6.86. The van der Waals surface area contributed by atoms with Crippen LogP contribution in [0.4, 0.5) is 0 Å². The molecule has 1 aromatic carbocycles. The zero-order chi connectivity index (χ0) is 20.9. The highest BCUT2D eigenvalue weighted by Gasteiger charge is 2.41. The highest BCUT2D eigenvalue weighted by atomic mass is 16.4. The smallest absolute Gasteiger partial charge is 0.315 e. The molecule has 2 atom stereocenters. The van der Waals surface area contributed by atoms with Gasteiger partial charge in [-0.05, 0) is 30.2 Å². The highest BCUT2D eigenvalue weighted by molar-refractivity contribution is 5.89. The minimum absolute atomic E-state index is 0.000515. The lowest BCUT2D eigenvalue weighted by atomic mass is 9.78. The summed E-state index contributed by atoms with van der Waals surface area (Å²) in [7, 11) is 0. The van der Waals surface area contributed by atoms with Crippen molar-refractivity contribution in [3.63, 3.8) is 0 Å². The van der Waals surface area contributed by atoms with Crippen molar-refractivity contribution in [1.29, 1.82) is 0 Å². The maximum atomic E-state index is 12.8. The van der Waals surface area contributed by atoms with Gasteiger partial charge >= 0.3 is 5.97 Å². The average Bonchev–Trinajstić information content (AvgIpc) is 3.12. The Morgan fingerprint density at radius 2 is 1.82 bits per heavy atom. The van der Waals surface area contributed by atoms with E-state index in [1.807, 2.05) is 33.8 Å². The molecule has 1 aliphatic rings. The van der Waals surface area contributed by atoms with E-state index in [9.17, 15) is 19.5 Å². The fraction of sp³-hybridized carbons (Fsp3) is 0.591. The van der Waals surface area contributed by atoms with Crippen LogP contribution in [0.5, 0.6) is 0 Å². The number of amides is 2. The van der Waals surface area contributed by atoms with Gasteiger partial charge in [-0.25, -0.2) is 0 Å². The zero-order valence-electron chi connectivity index (χ0n) is 17.3. The number of rotatable bonds is 7. The van der Waals surface area contributed by atoms with Gasteiger partial charge in [-0.2, -0.15) is 0 Å². The van der Waals surface area contributed by atoms with Crippen LogP contribution in [0, 0.1) is 5.41 Å². The topological polar surface area (TPSA) is 86.7 Å². The van der Waals surface area contributed by atoms with Crippen molar-refractivity contribution in [3.8, 4) is 0 Å². The number of carboxylic acids is 1. The van der Waals surface area contributed by atoms with Crippen molar-refractivity contribution in [3.05, 3.63) is 35.9 Å². The van der Waals surface area contributed by atoms with Gasteiger partial charge in [-0.15, -0.1) is 0 Å². The first-order valence-electron chi connectivity index (χ1n) is 9.97. The molecule has 1 fully saturated rings. The lowest BCUT2D eigenvalue weighted by Crippen LogP contribution is -2.52. The van der Waals surface area contributed by atoms with Gasteiger partial charge in [0, 0.05) is 19.5 Å². The van der Waals surface area contributed by atoms with Crippen LogP contribution in [0.3, 0.4) is 0 Å². The summed E-state index contributed by atoms with van der Waals surface area (Å²) < 4.78 is 0. The number of aliphatic carboxylic acids is 1. The third-order valence-corrected chi connectivity index (χ3v) is 5.46. The number of hydrogen-bond acceptors (Lipinski definition) is 3. The van der Waals surface area contributed by atoms with E-state index >= 15 is 0 Å². The van der Waals surface area contributed by atoms with Gasteiger partial charge in [0.25, 0.3) is 0 Å². The molecule has 0 aliphatic carbocycles. The van der Waals surface area contributed by atoms with E-state index < -0.39 is 17.4 Å². The minimum Gasteiger partial charge on any atom is -0.481 e. The average molecular weight is 389 g/mol. The SMILES string of the molecule is CCC(CNC(=O)C1CCCN1C(=O)CC(C)(C)C)(C(=O)O)c1ccccc1. The van der Waals surface area contributed by atoms with Crippen molar-refractivity contribution < 1.29 is 19.5 Å². The summed E-state index contributed by atoms with van der Waals surface area (Å²) in [6, 6.07) is 8.47. The maximum absolute atomic E-state index is 12.8. The van der Waals surface area contributed by atoms with Gasteiger partial charge in [0.15, 0.2) is 0 Å². The summed E-state index contributed by atoms with van der Waals surface area (Å²) in [5.74, 6) is -1.25. The molecule has 1 saturated heterocycles. The summed E-state index contributed by atoms with van der Waals surface area (Å²) in [6.07, 6.45) is 2.13. The minimum atomic E-state index is -1.18. The Morgan fingerprint density at radius 3 is 2.36 bits per heavy atom. The van der Waals surface area contributed by atoms with Crippen LogP contribution in [0.2, 0.25) is 0 Å². The van der Waals surface area contributed by atoms with Crippen LogP contribution in [0.1, 0.15) is 58.9 Å². The number of carbonyl (C=O) groups excluding carboxylic acids is 2. The second-order valence-electron chi connectivity index (χ2n) is 8.81. The number of hydrogen-bond donors (Lipinski definition) is 2. The molecule has 0 radical (unpaired) electrons. The van der Waals surface area contributed by atoms with E-state index in [2.05, 4.69) is 5.32 Å². The van der Waals surface area contributed by atoms with E-state index in [1.165, 1.54) is 0 Å². The molecule has 6 heteroatoms. The molecule has 28 heavy (non-hydrogen) atoms. The monoisotopic (exact) mass is 388 g/mol. The quantitative estimate of drug-likeness (QED) is 0.752. The van der Waals surface area contributed by atoms with Gasteiger partial charge in [-0.1, -0.05) is 58.0 Å². The van der Waals surface area contributed by atoms with Crippen molar-refractivity contribution in [2.45, 2.75) is 64.8 Å². The van der Waals surface area contributed by atoms with Crippen LogP contribution in [0.25, 0.3) is 0 Å². The fourth-order valence-corrected chi connectivity index (χ4v) is 3.79. The van der Waals surface area contributed by atoms with E-state index in [1.54, 1.807) is 29.2 Å². The third-order valence-electron chi connectivity index (χ3n) is 5.46.